The molecule has 0 heterocycles. The lowest BCUT2D eigenvalue weighted by Gasteiger charge is -2.15. The molecule has 0 aromatic heterocycles. The largest absolute Gasteiger partial charge is 0.480 e. The smallest absolute Gasteiger partial charge is 0.322 e. The van der Waals surface area contributed by atoms with Crippen molar-refractivity contribution >= 4 is 25.9 Å². The Morgan fingerprint density at radius 3 is 2.28 bits per heavy atom. The van der Waals surface area contributed by atoms with Gasteiger partial charge in [-0.3, -0.25) is 14.4 Å². The molecule has 0 rings (SSSR count). The van der Waals surface area contributed by atoms with Crippen LogP contribution in [0.15, 0.2) is 0 Å². The molecule has 0 fully saturated rings. The van der Waals surface area contributed by atoms with Crippen LogP contribution in [0, 0.1) is 0 Å². The highest BCUT2D eigenvalue weighted by Crippen LogP contribution is 2.08. The van der Waals surface area contributed by atoms with Crippen molar-refractivity contribution in [1.82, 2.24) is 5.32 Å². The first-order chi connectivity index (χ1) is 8.20. The molecule has 7 heteroatoms. The van der Waals surface area contributed by atoms with E-state index in [1.54, 1.807) is 0 Å². The molecule has 2 N–H and O–H groups in total. The Kier molecular flexibility index (Phi) is 7.26. The molecule has 0 unspecified atom stereocenters. The molecule has 0 aliphatic carbocycles. The first kappa shape index (κ1) is 16.6. The highest BCUT2D eigenvalue weighted by Gasteiger charge is 2.14. The minimum absolute atomic E-state index is 0.0167. The van der Waals surface area contributed by atoms with E-state index >= 15 is 0 Å². The molecule has 0 spiro atoms. The van der Waals surface area contributed by atoms with Crippen molar-refractivity contribution in [3.8, 4) is 0 Å². The molecule has 0 aromatic rings. The molecular weight excluding hydrogens is 254 g/mol. The molecule has 0 saturated carbocycles. The summed E-state index contributed by atoms with van der Waals surface area (Å²) in [5.74, 6) is -1.99. The zero-order valence-electron chi connectivity index (χ0n) is 11.1. The van der Waals surface area contributed by atoms with Gasteiger partial charge in [0.2, 0.25) is 5.91 Å². The number of rotatable bonds is 8. The van der Waals surface area contributed by atoms with Crippen molar-refractivity contribution in [3.63, 3.8) is 0 Å². The number of amides is 1. The van der Waals surface area contributed by atoms with Gasteiger partial charge in [-0.15, -0.1) is 0 Å². The van der Waals surface area contributed by atoms with Gasteiger partial charge in [0.1, 0.15) is 6.54 Å². The molecule has 18 heavy (non-hydrogen) atoms. The lowest BCUT2D eigenvalue weighted by Crippen LogP contribution is -2.29. The molecule has 0 atom stereocenters. The fourth-order valence-electron chi connectivity index (χ4n) is 1.02. The number of hydrogen-bond acceptors (Lipinski definition) is 4. The van der Waals surface area contributed by atoms with Crippen LogP contribution >= 0.6 is 0 Å². The minimum atomic E-state index is -1.22. The molecule has 0 radical (unpaired) electrons. The third kappa shape index (κ3) is 11.1. The summed E-state index contributed by atoms with van der Waals surface area (Å²) in [4.78, 5) is 32.6. The Morgan fingerprint density at radius 2 is 1.78 bits per heavy atom. The van der Waals surface area contributed by atoms with Crippen LogP contribution in [0.1, 0.15) is 12.8 Å². The monoisotopic (exact) mass is 275 g/mol. The second-order valence-corrected chi connectivity index (χ2v) is 10.8. The number of aliphatic carboxylic acids is 1. The summed E-state index contributed by atoms with van der Waals surface area (Å²) in [5.41, 5.74) is 0. The van der Waals surface area contributed by atoms with Crippen LogP contribution in [-0.4, -0.2) is 44.2 Å². The summed E-state index contributed by atoms with van der Waals surface area (Å²) in [6.45, 7) is 6.51. The second kappa shape index (κ2) is 7.86. The Morgan fingerprint density at radius 1 is 1.17 bits per heavy atom. The van der Waals surface area contributed by atoms with Crippen molar-refractivity contribution in [3.05, 3.63) is 0 Å². The van der Waals surface area contributed by atoms with Gasteiger partial charge in [0, 0.05) is 14.5 Å². The number of nitrogens with one attached hydrogen (secondary N) is 1. The van der Waals surface area contributed by atoms with Crippen LogP contribution < -0.4 is 5.32 Å². The van der Waals surface area contributed by atoms with Gasteiger partial charge in [-0.05, 0) is 6.04 Å². The summed E-state index contributed by atoms with van der Waals surface area (Å²) in [5, 5.41) is 10.5. The zero-order chi connectivity index (χ0) is 14.2. The highest BCUT2D eigenvalue weighted by molar-refractivity contribution is 6.76. The predicted octanol–water partition coefficient (Wildman–Crippen LogP) is 0.849. The Labute approximate surface area is 108 Å². The molecule has 0 bridgehead atoms. The van der Waals surface area contributed by atoms with Crippen molar-refractivity contribution in [2.75, 3.05) is 13.2 Å². The molecule has 0 saturated heterocycles. The third-order valence-electron chi connectivity index (χ3n) is 2.11. The van der Waals surface area contributed by atoms with Crippen LogP contribution in [0.5, 0.6) is 0 Å². The van der Waals surface area contributed by atoms with E-state index in [0.29, 0.717) is 6.61 Å². The maximum atomic E-state index is 11.3. The zero-order valence-corrected chi connectivity index (χ0v) is 12.1. The van der Waals surface area contributed by atoms with E-state index in [4.69, 9.17) is 9.84 Å². The summed E-state index contributed by atoms with van der Waals surface area (Å²) in [6.07, 6.45) is -0.0593. The molecule has 0 aliphatic rings. The van der Waals surface area contributed by atoms with Crippen LogP contribution in [-0.2, 0) is 19.1 Å². The van der Waals surface area contributed by atoms with Crippen molar-refractivity contribution in [1.29, 1.82) is 0 Å². The summed E-state index contributed by atoms with van der Waals surface area (Å²) in [6, 6.07) is 0.893. The third-order valence-corrected chi connectivity index (χ3v) is 3.81. The van der Waals surface area contributed by atoms with Gasteiger partial charge in [-0.1, -0.05) is 19.6 Å². The number of carbonyl (C=O) groups is 3. The van der Waals surface area contributed by atoms with E-state index in [0.717, 1.165) is 6.04 Å². The minimum Gasteiger partial charge on any atom is -0.480 e. The van der Waals surface area contributed by atoms with Crippen LogP contribution in [0.25, 0.3) is 0 Å². The van der Waals surface area contributed by atoms with Gasteiger partial charge in [0.05, 0.1) is 13.0 Å². The Balaban J connectivity index is 3.64. The first-order valence-electron chi connectivity index (χ1n) is 5.85. The van der Waals surface area contributed by atoms with E-state index in [-0.39, 0.29) is 12.8 Å². The predicted molar refractivity (Wildman–Crippen MR) is 69.0 cm³/mol. The Bertz CT molecular complexity index is 311. The highest BCUT2D eigenvalue weighted by atomic mass is 28.3. The lowest BCUT2D eigenvalue weighted by atomic mass is 10.3. The summed E-state index contributed by atoms with van der Waals surface area (Å²) in [7, 11) is -1.22. The van der Waals surface area contributed by atoms with Gasteiger partial charge in [-0.2, -0.15) is 0 Å². The van der Waals surface area contributed by atoms with Crippen molar-refractivity contribution in [2.45, 2.75) is 38.5 Å². The average Bonchev–Trinajstić information content (AvgIpc) is 2.21. The summed E-state index contributed by atoms with van der Waals surface area (Å²) < 4.78 is 4.99. The maximum Gasteiger partial charge on any atom is 0.322 e. The number of carboxylic acids is 1. The quantitative estimate of drug-likeness (QED) is 0.506. The van der Waals surface area contributed by atoms with Crippen LogP contribution in [0.3, 0.4) is 0 Å². The number of hydrogen-bond donors (Lipinski definition) is 2. The molecule has 1 amide bonds. The lowest BCUT2D eigenvalue weighted by molar-refractivity contribution is -0.144. The van der Waals surface area contributed by atoms with Crippen molar-refractivity contribution in [2.24, 2.45) is 0 Å². The van der Waals surface area contributed by atoms with Gasteiger partial charge in [0.25, 0.3) is 0 Å². The molecule has 0 aromatic carbocycles. The molecule has 104 valence electrons. The fourth-order valence-corrected chi connectivity index (χ4v) is 1.74. The van der Waals surface area contributed by atoms with Gasteiger partial charge in [0.15, 0.2) is 0 Å². The van der Waals surface area contributed by atoms with E-state index in [1.807, 2.05) is 0 Å². The topological polar surface area (TPSA) is 92.7 Å². The maximum absolute atomic E-state index is 11.3. The second-order valence-electron chi connectivity index (χ2n) is 5.20. The average molecular weight is 275 g/mol. The van der Waals surface area contributed by atoms with E-state index < -0.39 is 32.5 Å². The van der Waals surface area contributed by atoms with Gasteiger partial charge >= 0.3 is 11.9 Å². The van der Waals surface area contributed by atoms with E-state index in [2.05, 4.69) is 25.0 Å². The van der Waals surface area contributed by atoms with Gasteiger partial charge < -0.3 is 15.2 Å². The first-order valence-corrected chi connectivity index (χ1v) is 9.55. The number of ether oxygens (including phenoxy) is 1. The van der Waals surface area contributed by atoms with Crippen molar-refractivity contribution < 1.29 is 24.2 Å². The SMILES string of the molecule is C[Si](C)(C)CCOC(=O)CCC(=O)NCC(=O)O. The molecule has 0 aliphatic heterocycles. The molecule has 6 nitrogen and oxygen atoms in total. The van der Waals surface area contributed by atoms with Crippen LogP contribution in [0.4, 0.5) is 0 Å². The number of esters is 1. The Hall–Kier alpha value is -1.37. The number of carboxylic acid groups (broad SMARTS) is 1. The number of carbonyl (C=O) groups excluding carboxylic acids is 2. The summed E-state index contributed by atoms with van der Waals surface area (Å²) >= 11 is 0. The normalized spacial score (nSPS) is 10.8. The fraction of sp³-hybridized carbons (Fsp3) is 0.727. The van der Waals surface area contributed by atoms with E-state index in [9.17, 15) is 14.4 Å². The van der Waals surface area contributed by atoms with E-state index in [1.165, 1.54) is 0 Å². The van der Waals surface area contributed by atoms with Crippen LogP contribution in [0.2, 0.25) is 25.7 Å². The van der Waals surface area contributed by atoms with Gasteiger partial charge in [-0.25, -0.2) is 0 Å². The molecular formula is C11H21NO5Si. The standard InChI is InChI=1S/C11H21NO5Si/c1-18(2,3)7-6-17-11(16)5-4-9(13)12-8-10(14)15/h4-8H2,1-3H3,(H,12,13)(H,14,15).